The van der Waals surface area contributed by atoms with Crippen LogP contribution in [0.25, 0.3) is 0 Å². The lowest BCUT2D eigenvalue weighted by atomic mass is 9.86. The summed E-state index contributed by atoms with van der Waals surface area (Å²) in [5.41, 5.74) is 2.73. The van der Waals surface area contributed by atoms with Crippen molar-refractivity contribution >= 4 is 10.8 Å². The van der Waals surface area contributed by atoms with Crippen molar-refractivity contribution in [3.63, 3.8) is 0 Å². The molecule has 0 fully saturated rings. The highest BCUT2D eigenvalue weighted by molar-refractivity contribution is 7.84. The van der Waals surface area contributed by atoms with Crippen molar-refractivity contribution in [2.75, 3.05) is 18.6 Å². The van der Waals surface area contributed by atoms with Crippen LogP contribution in [0.5, 0.6) is 0 Å². The van der Waals surface area contributed by atoms with Gasteiger partial charge in [-0.15, -0.1) is 0 Å². The molecule has 18 heavy (non-hydrogen) atoms. The van der Waals surface area contributed by atoms with E-state index in [1.807, 2.05) is 14.0 Å². The predicted molar refractivity (Wildman–Crippen MR) is 80.5 cm³/mol. The quantitative estimate of drug-likeness (QED) is 0.888. The first-order valence-electron chi connectivity index (χ1n) is 6.51. The van der Waals surface area contributed by atoms with Gasteiger partial charge in [-0.3, -0.25) is 4.21 Å². The molecule has 1 rings (SSSR count). The van der Waals surface area contributed by atoms with E-state index in [4.69, 9.17) is 0 Å². The average Bonchev–Trinajstić information content (AvgIpc) is 2.34. The molecule has 2 unspecified atom stereocenters. The second kappa shape index (κ2) is 6.48. The van der Waals surface area contributed by atoms with Crippen LogP contribution in [0.2, 0.25) is 0 Å². The lowest BCUT2D eigenvalue weighted by Gasteiger charge is -2.21. The minimum Gasteiger partial charge on any atom is -0.312 e. The van der Waals surface area contributed by atoms with Gasteiger partial charge in [0.25, 0.3) is 0 Å². The summed E-state index contributed by atoms with van der Waals surface area (Å²) in [6.07, 6.45) is 0. The van der Waals surface area contributed by atoms with E-state index < -0.39 is 10.8 Å². The standard InChI is InChI=1S/C15H25NOS/c1-6-18(17)11-14(16-5)12-7-9-13(10-8-12)15(2,3)4/h7-10,14,16H,6,11H2,1-5H3. The number of hydrogen-bond acceptors (Lipinski definition) is 2. The molecule has 0 aliphatic rings. The Hall–Kier alpha value is -0.670. The molecule has 0 aliphatic carbocycles. The number of benzene rings is 1. The summed E-state index contributed by atoms with van der Waals surface area (Å²) in [5.74, 6) is 1.40. The normalized spacial score (nSPS) is 15.4. The Morgan fingerprint density at radius 1 is 1.22 bits per heavy atom. The molecule has 0 saturated heterocycles. The fraction of sp³-hybridized carbons (Fsp3) is 0.600. The molecule has 1 aromatic rings. The molecule has 0 aromatic heterocycles. The molecule has 1 N–H and O–H groups in total. The smallest absolute Gasteiger partial charge is 0.0434 e. The van der Waals surface area contributed by atoms with Crippen molar-refractivity contribution < 1.29 is 4.21 Å². The Labute approximate surface area is 114 Å². The lowest BCUT2D eigenvalue weighted by Crippen LogP contribution is -2.23. The Morgan fingerprint density at radius 2 is 1.78 bits per heavy atom. The Morgan fingerprint density at radius 3 is 2.17 bits per heavy atom. The first kappa shape index (κ1) is 15.4. The third-order valence-corrected chi connectivity index (χ3v) is 4.55. The zero-order chi connectivity index (χ0) is 13.8. The molecule has 2 nitrogen and oxygen atoms in total. The van der Waals surface area contributed by atoms with Gasteiger partial charge < -0.3 is 5.32 Å². The minimum atomic E-state index is -0.742. The molecule has 0 amide bonds. The topological polar surface area (TPSA) is 29.1 Å². The molecule has 102 valence electrons. The first-order valence-corrected chi connectivity index (χ1v) is 8.00. The SMILES string of the molecule is CCS(=O)CC(NC)c1ccc(C(C)(C)C)cc1. The van der Waals surface area contributed by atoms with Crippen molar-refractivity contribution in [3.05, 3.63) is 35.4 Å². The lowest BCUT2D eigenvalue weighted by molar-refractivity contribution is 0.588. The van der Waals surface area contributed by atoms with Crippen LogP contribution < -0.4 is 5.32 Å². The van der Waals surface area contributed by atoms with E-state index in [1.165, 1.54) is 11.1 Å². The van der Waals surface area contributed by atoms with Crippen molar-refractivity contribution in [2.45, 2.75) is 39.2 Å². The van der Waals surface area contributed by atoms with Crippen molar-refractivity contribution in [1.82, 2.24) is 5.32 Å². The largest absolute Gasteiger partial charge is 0.312 e. The van der Waals surface area contributed by atoms with Gasteiger partial charge in [-0.25, -0.2) is 0 Å². The second-order valence-corrected chi connectivity index (χ2v) is 7.40. The monoisotopic (exact) mass is 267 g/mol. The summed E-state index contributed by atoms with van der Waals surface area (Å²) in [4.78, 5) is 0. The number of hydrogen-bond donors (Lipinski definition) is 1. The highest BCUT2D eigenvalue weighted by atomic mass is 32.2. The van der Waals surface area contributed by atoms with Crippen LogP contribution in [0.1, 0.15) is 44.9 Å². The molecule has 0 bridgehead atoms. The maximum atomic E-state index is 11.7. The average molecular weight is 267 g/mol. The summed E-state index contributed by atoms with van der Waals surface area (Å²) >= 11 is 0. The van der Waals surface area contributed by atoms with Gasteiger partial charge in [-0.2, -0.15) is 0 Å². The van der Waals surface area contributed by atoms with E-state index in [0.717, 1.165) is 5.75 Å². The van der Waals surface area contributed by atoms with Crippen molar-refractivity contribution in [1.29, 1.82) is 0 Å². The van der Waals surface area contributed by atoms with E-state index in [9.17, 15) is 4.21 Å². The molecule has 1 aromatic carbocycles. The number of rotatable bonds is 5. The number of nitrogens with one attached hydrogen (secondary N) is 1. The Bertz CT molecular complexity index is 392. The summed E-state index contributed by atoms with van der Waals surface area (Å²) in [6, 6.07) is 8.83. The molecule has 0 saturated carbocycles. The fourth-order valence-corrected chi connectivity index (χ4v) is 2.83. The van der Waals surface area contributed by atoms with Crippen molar-refractivity contribution in [2.24, 2.45) is 0 Å². The molecular weight excluding hydrogens is 242 g/mol. The van der Waals surface area contributed by atoms with Crippen LogP contribution >= 0.6 is 0 Å². The molecule has 0 heterocycles. The van der Waals surface area contributed by atoms with Gasteiger partial charge in [-0.05, 0) is 23.6 Å². The molecule has 3 heteroatoms. The summed E-state index contributed by atoms with van der Waals surface area (Å²) in [5, 5.41) is 3.25. The highest BCUT2D eigenvalue weighted by Crippen LogP contribution is 2.24. The van der Waals surface area contributed by atoms with Crippen molar-refractivity contribution in [3.8, 4) is 0 Å². The summed E-state index contributed by atoms with van der Waals surface area (Å²) in [7, 11) is 1.18. The van der Waals surface area contributed by atoms with E-state index in [2.05, 4.69) is 50.4 Å². The predicted octanol–water partition coefficient (Wildman–Crippen LogP) is 3.01. The van der Waals surface area contributed by atoms with Crippen LogP contribution in [0.3, 0.4) is 0 Å². The summed E-state index contributed by atoms with van der Waals surface area (Å²) in [6.45, 7) is 8.60. The van der Waals surface area contributed by atoms with Crippen LogP contribution in [-0.2, 0) is 16.2 Å². The van der Waals surface area contributed by atoms with Gasteiger partial charge >= 0.3 is 0 Å². The maximum absolute atomic E-state index is 11.7. The van der Waals surface area contributed by atoms with Crippen LogP contribution in [0.4, 0.5) is 0 Å². The van der Waals surface area contributed by atoms with Gasteiger partial charge in [-0.1, -0.05) is 52.0 Å². The van der Waals surface area contributed by atoms with Crippen LogP contribution in [-0.4, -0.2) is 22.8 Å². The van der Waals surface area contributed by atoms with Gasteiger partial charge in [0, 0.05) is 28.3 Å². The van der Waals surface area contributed by atoms with Gasteiger partial charge in [0.2, 0.25) is 0 Å². The fourth-order valence-electron chi connectivity index (χ4n) is 1.87. The first-order chi connectivity index (χ1) is 8.38. The zero-order valence-corrected chi connectivity index (χ0v) is 12.9. The van der Waals surface area contributed by atoms with E-state index in [0.29, 0.717) is 5.75 Å². The second-order valence-electron chi connectivity index (χ2n) is 5.61. The van der Waals surface area contributed by atoms with E-state index in [-0.39, 0.29) is 11.5 Å². The highest BCUT2D eigenvalue weighted by Gasteiger charge is 2.16. The molecule has 2 atom stereocenters. The Kier molecular flexibility index (Phi) is 5.54. The zero-order valence-electron chi connectivity index (χ0n) is 12.1. The third-order valence-electron chi connectivity index (χ3n) is 3.20. The van der Waals surface area contributed by atoms with E-state index in [1.54, 1.807) is 0 Å². The molecule has 0 aliphatic heterocycles. The molecular formula is C15H25NOS. The maximum Gasteiger partial charge on any atom is 0.0434 e. The van der Waals surface area contributed by atoms with Gasteiger partial charge in [0.15, 0.2) is 0 Å². The Balaban J connectivity index is 2.85. The summed E-state index contributed by atoms with van der Waals surface area (Å²) < 4.78 is 11.7. The van der Waals surface area contributed by atoms with Gasteiger partial charge in [0.05, 0.1) is 0 Å². The molecule has 0 spiro atoms. The van der Waals surface area contributed by atoms with Gasteiger partial charge in [0.1, 0.15) is 0 Å². The van der Waals surface area contributed by atoms with Crippen LogP contribution in [0.15, 0.2) is 24.3 Å². The van der Waals surface area contributed by atoms with Crippen LogP contribution in [0, 0.1) is 0 Å². The van der Waals surface area contributed by atoms with E-state index >= 15 is 0 Å². The molecule has 0 radical (unpaired) electrons. The minimum absolute atomic E-state index is 0.180. The third kappa shape index (κ3) is 4.21.